The van der Waals surface area contributed by atoms with Gasteiger partial charge in [-0.2, -0.15) is 4.37 Å². The largest absolute Gasteiger partial charge is 0.366 e. The fourth-order valence-corrected chi connectivity index (χ4v) is 3.85. The summed E-state index contributed by atoms with van der Waals surface area (Å²) < 4.78 is 12.3. The van der Waals surface area contributed by atoms with Crippen molar-refractivity contribution in [3.8, 4) is 0 Å². The molecule has 4 nitrogen and oxygen atoms in total. The summed E-state index contributed by atoms with van der Waals surface area (Å²) in [4.78, 5) is 4.91. The van der Waals surface area contributed by atoms with Gasteiger partial charge in [0.1, 0.15) is 6.10 Å². The predicted octanol–water partition coefficient (Wildman–Crippen LogP) is 5.90. The topological polar surface area (TPSA) is 39.9 Å². The third-order valence-corrected chi connectivity index (χ3v) is 6.02. The highest BCUT2D eigenvalue weighted by Gasteiger charge is 2.22. The number of aromatic nitrogens is 3. The second-order valence-corrected chi connectivity index (χ2v) is 8.70. The van der Waals surface area contributed by atoms with E-state index in [0.29, 0.717) is 23.3 Å². The number of imidazole rings is 1. The summed E-state index contributed by atoms with van der Waals surface area (Å²) in [6.07, 6.45) is 5.14. The molecule has 0 radical (unpaired) electrons. The van der Waals surface area contributed by atoms with Crippen LogP contribution in [0.1, 0.15) is 42.9 Å². The molecule has 0 aliphatic heterocycles. The normalized spacial score (nSPS) is 13.1. The van der Waals surface area contributed by atoms with Crippen molar-refractivity contribution in [3.05, 3.63) is 69.2 Å². The summed E-state index contributed by atoms with van der Waals surface area (Å²) in [6, 6.07) is 8.52. The predicted molar refractivity (Wildman–Crippen MR) is 107 cm³/mol. The molecule has 1 atom stereocenters. The Hall–Kier alpha value is -1.40. The molecule has 0 saturated carbocycles. The van der Waals surface area contributed by atoms with Crippen molar-refractivity contribution in [2.75, 3.05) is 0 Å². The zero-order chi connectivity index (χ0) is 18.7. The van der Waals surface area contributed by atoms with Crippen LogP contribution in [0.15, 0.2) is 43.0 Å². The van der Waals surface area contributed by atoms with E-state index < -0.39 is 0 Å². The Morgan fingerprint density at radius 1 is 1.19 bits per heavy atom. The van der Waals surface area contributed by atoms with Crippen molar-refractivity contribution in [2.45, 2.75) is 45.4 Å². The zero-order valence-electron chi connectivity index (χ0n) is 14.9. The Morgan fingerprint density at radius 2 is 1.92 bits per heavy atom. The highest BCUT2D eigenvalue weighted by atomic mass is 35.5. The van der Waals surface area contributed by atoms with Crippen LogP contribution in [0.3, 0.4) is 0 Å². The number of halogens is 2. The summed E-state index contributed by atoms with van der Waals surface area (Å²) in [5, 5.41) is 0.783. The standard InChI is InChI=1S/C19H21Cl2N3OS/c1-19(2,3)14-6-4-13(5-7-14)11-25-15(10-24-9-8-22-12-24)17-16(20)18(21)23-26-17/h4-9,12,15H,10-11H2,1-3H3/t15-/m0/s1. The number of benzene rings is 1. The molecule has 3 rings (SSSR count). The van der Waals surface area contributed by atoms with Gasteiger partial charge in [0, 0.05) is 12.4 Å². The number of hydrogen-bond acceptors (Lipinski definition) is 4. The molecule has 0 amide bonds. The van der Waals surface area contributed by atoms with Crippen LogP contribution in [0, 0.1) is 0 Å². The number of hydrogen-bond donors (Lipinski definition) is 0. The van der Waals surface area contributed by atoms with Gasteiger partial charge in [0.15, 0.2) is 5.15 Å². The van der Waals surface area contributed by atoms with E-state index in [4.69, 9.17) is 27.9 Å². The lowest BCUT2D eigenvalue weighted by molar-refractivity contribution is 0.0303. The highest BCUT2D eigenvalue weighted by Crippen LogP contribution is 2.36. The molecule has 3 aromatic rings. The van der Waals surface area contributed by atoms with Crippen molar-refractivity contribution < 1.29 is 4.74 Å². The van der Waals surface area contributed by atoms with Gasteiger partial charge in [0.05, 0.1) is 29.4 Å². The molecule has 0 N–H and O–H groups in total. The van der Waals surface area contributed by atoms with Gasteiger partial charge in [-0.15, -0.1) is 0 Å². The summed E-state index contributed by atoms with van der Waals surface area (Å²) >= 11 is 13.6. The summed E-state index contributed by atoms with van der Waals surface area (Å²) in [7, 11) is 0. The maximum atomic E-state index is 6.31. The van der Waals surface area contributed by atoms with Crippen LogP contribution in [0.25, 0.3) is 0 Å². The molecule has 0 saturated heterocycles. The first kappa shape index (κ1) is 19.4. The molecule has 0 bridgehead atoms. The lowest BCUT2D eigenvalue weighted by Crippen LogP contribution is -2.12. The van der Waals surface area contributed by atoms with Crippen LogP contribution in [-0.4, -0.2) is 13.9 Å². The molecule has 26 heavy (non-hydrogen) atoms. The Morgan fingerprint density at radius 3 is 2.46 bits per heavy atom. The zero-order valence-corrected chi connectivity index (χ0v) is 17.3. The fourth-order valence-electron chi connectivity index (χ4n) is 2.57. The van der Waals surface area contributed by atoms with Crippen LogP contribution in [-0.2, 0) is 23.3 Å². The molecule has 2 aromatic heterocycles. The molecule has 2 heterocycles. The van der Waals surface area contributed by atoms with Crippen molar-refractivity contribution in [2.24, 2.45) is 0 Å². The van der Waals surface area contributed by atoms with Crippen LogP contribution in [0.5, 0.6) is 0 Å². The van der Waals surface area contributed by atoms with Crippen molar-refractivity contribution in [3.63, 3.8) is 0 Å². The Balaban J connectivity index is 1.74. The SMILES string of the molecule is CC(C)(C)c1ccc(CO[C@@H](Cn2ccnc2)c2snc(Cl)c2Cl)cc1. The van der Waals surface area contributed by atoms with E-state index in [1.54, 1.807) is 12.5 Å². The van der Waals surface area contributed by atoms with Gasteiger partial charge < -0.3 is 9.30 Å². The Labute approximate surface area is 167 Å². The van der Waals surface area contributed by atoms with Gasteiger partial charge in [-0.1, -0.05) is 68.2 Å². The van der Waals surface area contributed by atoms with E-state index in [-0.39, 0.29) is 11.5 Å². The number of rotatable bonds is 6. The second kappa shape index (κ2) is 8.09. The lowest BCUT2D eigenvalue weighted by Gasteiger charge is -2.20. The van der Waals surface area contributed by atoms with Crippen LogP contribution in [0.4, 0.5) is 0 Å². The molecule has 1 aromatic carbocycles. The van der Waals surface area contributed by atoms with Gasteiger partial charge in [-0.25, -0.2) is 4.98 Å². The lowest BCUT2D eigenvalue weighted by atomic mass is 9.87. The van der Waals surface area contributed by atoms with Crippen molar-refractivity contribution in [1.82, 2.24) is 13.9 Å². The average molecular weight is 410 g/mol. The molecule has 0 aliphatic rings. The maximum Gasteiger partial charge on any atom is 0.161 e. The maximum absolute atomic E-state index is 6.31. The smallest absolute Gasteiger partial charge is 0.161 e. The molecular weight excluding hydrogens is 389 g/mol. The van der Waals surface area contributed by atoms with Crippen LogP contribution in [0.2, 0.25) is 10.2 Å². The second-order valence-electron chi connectivity index (χ2n) is 7.16. The summed E-state index contributed by atoms with van der Waals surface area (Å²) in [5.41, 5.74) is 2.55. The van der Waals surface area contributed by atoms with Gasteiger partial charge in [-0.05, 0) is 28.1 Å². The summed E-state index contributed by atoms with van der Waals surface area (Å²) in [6.45, 7) is 7.69. The molecule has 0 aliphatic carbocycles. The number of nitrogens with zero attached hydrogens (tertiary/aromatic N) is 3. The minimum Gasteiger partial charge on any atom is -0.366 e. The van der Waals surface area contributed by atoms with E-state index in [9.17, 15) is 0 Å². The molecule has 0 unspecified atom stereocenters. The first-order valence-corrected chi connectivity index (χ1v) is 9.85. The molecular formula is C19H21Cl2N3OS. The van der Waals surface area contributed by atoms with E-state index in [1.165, 1.54) is 17.1 Å². The van der Waals surface area contributed by atoms with Crippen LogP contribution >= 0.6 is 34.7 Å². The van der Waals surface area contributed by atoms with Gasteiger partial charge in [0.2, 0.25) is 0 Å². The quantitative estimate of drug-likeness (QED) is 0.508. The Bertz CT molecular complexity index is 839. The van der Waals surface area contributed by atoms with Crippen molar-refractivity contribution in [1.29, 1.82) is 0 Å². The van der Waals surface area contributed by atoms with Crippen LogP contribution < -0.4 is 0 Å². The fraction of sp³-hybridized carbons (Fsp3) is 0.368. The summed E-state index contributed by atoms with van der Waals surface area (Å²) in [5.74, 6) is 0. The first-order valence-electron chi connectivity index (χ1n) is 8.32. The van der Waals surface area contributed by atoms with E-state index in [0.717, 1.165) is 10.4 Å². The Kier molecular flexibility index (Phi) is 6.03. The molecule has 138 valence electrons. The van der Waals surface area contributed by atoms with Crippen molar-refractivity contribution >= 4 is 34.7 Å². The monoisotopic (exact) mass is 409 g/mol. The first-order chi connectivity index (χ1) is 12.3. The minimum absolute atomic E-state index is 0.135. The molecule has 7 heteroatoms. The van der Waals surface area contributed by atoms with Gasteiger partial charge >= 0.3 is 0 Å². The van der Waals surface area contributed by atoms with Gasteiger partial charge in [0.25, 0.3) is 0 Å². The molecule has 0 spiro atoms. The average Bonchev–Trinajstić information content (AvgIpc) is 3.22. The van der Waals surface area contributed by atoms with E-state index in [1.807, 2.05) is 10.8 Å². The third kappa shape index (κ3) is 4.65. The van der Waals surface area contributed by atoms with E-state index >= 15 is 0 Å². The molecule has 0 fully saturated rings. The third-order valence-electron chi connectivity index (χ3n) is 4.12. The van der Waals surface area contributed by atoms with E-state index in [2.05, 4.69) is 54.4 Å². The minimum atomic E-state index is -0.246. The highest BCUT2D eigenvalue weighted by molar-refractivity contribution is 7.07. The van der Waals surface area contributed by atoms with Gasteiger partial charge in [-0.3, -0.25) is 0 Å². The number of ether oxygens (including phenoxy) is 1.